The van der Waals surface area contributed by atoms with Gasteiger partial charge < -0.3 is 35.1 Å². The van der Waals surface area contributed by atoms with Gasteiger partial charge in [0.25, 0.3) is 0 Å². The Morgan fingerprint density at radius 3 is 2.14 bits per heavy atom. The average molecular weight is 283 g/mol. The van der Waals surface area contributed by atoms with Crippen LogP contribution in [0.5, 0.6) is 0 Å². The molecule has 0 radical (unpaired) electrons. The van der Waals surface area contributed by atoms with Gasteiger partial charge in [-0.25, -0.2) is 4.90 Å². The second kappa shape index (κ2) is 10.7. The first-order valence-electron chi connectivity index (χ1n) is 3.30. The number of hydrogen-bond donors (Lipinski definition) is 0. The summed E-state index contributed by atoms with van der Waals surface area (Å²) in [5, 5.41) is 0. The van der Waals surface area contributed by atoms with E-state index in [0.717, 1.165) is 5.69 Å². The van der Waals surface area contributed by atoms with Gasteiger partial charge in [-0.05, 0) is 12.1 Å². The molecule has 0 saturated heterocycles. The number of benzene rings is 1. The fourth-order valence-electron chi connectivity index (χ4n) is 0.807. The molecule has 0 spiro atoms. The molecule has 0 saturated carbocycles. The molecule has 72 valence electrons. The fourth-order valence-corrected chi connectivity index (χ4v) is 0.807. The smallest absolute Gasteiger partial charge is 1.00 e. The molecule has 0 amide bonds. The Kier molecular flexibility index (Phi) is 14.7. The summed E-state index contributed by atoms with van der Waals surface area (Å²) in [5.74, 6) is 0. The van der Waals surface area contributed by atoms with E-state index in [0.29, 0.717) is 0 Å². The van der Waals surface area contributed by atoms with Gasteiger partial charge >= 0.3 is 25.8 Å². The molecule has 0 fully saturated rings. The van der Waals surface area contributed by atoms with Crippen LogP contribution in [-0.2, 0) is 19.5 Å². The second-order valence-electron chi connectivity index (χ2n) is 2.18. The van der Waals surface area contributed by atoms with Crippen molar-refractivity contribution in [2.24, 2.45) is 0 Å². The number of hydrogen-bond acceptors (Lipinski definition) is 0. The van der Waals surface area contributed by atoms with Crippen molar-refractivity contribution in [3.63, 3.8) is 0 Å². The van der Waals surface area contributed by atoms with Crippen LogP contribution in [0.3, 0.4) is 0 Å². The molecular weight excluding hydrogens is 274 g/mol. The Balaban J connectivity index is -0.000000403. The maximum atomic E-state index is 8.23. The standard InChI is InChI=1S/C8H9N3.2ClH.Zn/c1-11(7-10-9)8-5-3-2-4-6-8;;;/h2-7H,1H3;2*1H;/q;;;+2/p-2. The largest absolute Gasteiger partial charge is 2.00 e. The minimum absolute atomic E-state index is 0. The van der Waals surface area contributed by atoms with Crippen LogP contribution in [0.25, 0.3) is 5.53 Å². The molecule has 1 aromatic carbocycles. The van der Waals surface area contributed by atoms with Gasteiger partial charge in [-0.2, -0.15) is 0 Å². The Hall–Kier alpha value is -0.397. The topological polar surface area (TPSA) is 39.6 Å². The van der Waals surface area contributed by atoms with E-state index in [9.17, 15) is 0 Å². The molecule has 0 atom stereocenters. The summed E-state index contributed by atoms with van der Waals surface area (Å²) in [4.78, 5) is 4.64. The maximum absolute atomic E-state index is 8.23. The minimum Gasteiger partial charge on any atom is -1.00 e. The van der Waals surface area contributed by atoms with Crippen LogP contribution in [0, 0.1) is 0 Å². The molecule has 0 heterocycles. The van der Waals surface area contributed by atoms with E-state index in [2.05, 4.69) is 4.79 Å². The Bertz CT molecular complexity index is 275. The van der Waals surface area contributed by atoms with Crippen molar-refractivity contribution in [1.82, 2.24) is 0 Å². The summed E-state index contributed by atoms with van der Waals surface area (Å²) in [6, 6.07) is 9.66. The van der Waals surface area contributed by atoms with Gasteiger partial charge in [0.05, 0.1) is 7.05 Å². The molecular formula is C8H9Cl2N3Zn. The summed E-state index contributed by atoms with van der Waals surface area (Å²) in [6.45, 7) is 0. The van der Waals surface area contributed by atoms with Gasteiger partial charge in [0.15, 0.2) is 0 Å². The van der Waals surface area contributed by atoms with Gasteiger partial charge in [-0.15, -0.1) is 0 Å². The van der Waals surface area contributed by atoms with Crippen LogP contribution in [0.4, 0.5) is 5.69 Å². The average Bonchev–Trinajstić information content (AvgIpc) is 2.07. The van der Waals surface area contributed by atoms with Crippen molar-refractivity contribution in [1.29, 1.82) is 0 Å². The number of nitrogens with zero attached hydrogens (tertiary/aromatic N) is 3. The second-order valence-corrected chi connectivity index (χ2v) is 2.18. The predicted octanol–water partition coefficient (Wildman–Crippen LogP) is -4.61. The Morgan fingerprint density at radius 1 is 1.21 bits per heavy atom. The molecule has 1 rings (SSSR count). The van der Waals surface area contributed by atoms with Crippen LogP contribution in [0.15, 0.2) is 30.3 Å². The van der Waals surface area contributed by atoms with Crippen molar-refractivity contribution in [2.75, 3.05) is 11.9 Å². The van der Waals surface area contributed by atoms with E-state index in [1.54, 1.807) is 4.90 Å². The van der Waals surface area contributed by atoms with Crippen LogP contribution >= 0.6 is 0 Å². The molecule has 0 aliphatic carbocycles. The van der Waals surface area contributed by atoms with E-state index in [1.165, 1.54) is 6.34 Å². The zero-order chi connectivity index (χ0) is 8.10. The fraction of sp³-hybridized carbons (Fsp3) is 0.125. The third kappa shape index (κ3) is 6.12. The molecule has 0 aliphatic heterocycles. The van der Waals surface area contributed by atoms with Gasteiger partial charge in [0.2, 0.25) is 0 Å². The molecule has 0 N–H and O–H groups in total. The molecule has 6 heteroatoms. The van der Waals surface area contributed by atoms with Crippen LogP contribution < -0.4 is 29.7 Å². The van der Waals surface area contributed by atoms with E-state index >= 15 is 0 Å². The Labute approximate surface area is 109 Å². The van der Waals surface area contributed by atoms with Gasteiger partial charge in [-0.1, -0.05) is 18.2 Å². The zero-order valence-corrected chi connectivity index (χ0v) is 12.2. The van der Waals surface area contributed by atoms with Crippen LogP contribution in [-0.4, -0.2) is 18.2 Å². The van der Waals surface area contributed by atoms with Crippen LogP contribution in [0.1, 0.15) is 0 Å². The summed E-state index contributed by atoms with van der Waals surface area (Å²) >= 11 is 0. The number of halogens is 2. The van der Waals surface area contributed by atoms with Crippen molar-refractivity contribution in [2.45, 2.75) is 0 Å². The van der Waals surface area contributed by atoms with Crippen molar-refractivity contribution < 1.29 is 49.1 Å². The molecule has 3 nitrogen and oxygen atoms in total. The SMILES string of the molecule is CN(C=[N+]=[N-])c1ccccc1.[Cl-].[Cl-].[Zn+2]. The van der Waals surface area contributed by atoms with E-state index in [-0.39, 0.29) is 44.3 Å². The van der Waals surface area contributed by atoms with Crippen molar-refractivity contribution in [3.05, 3.63) is 35.9 Å². The number of rotatable bonds is 2. The number of para-hydroxylation sites is 1. The molecule has 0 unspecified atom stereocenters. The maximum Gasteiger partial charge on any atom is 2.00 e. The van der Waals surface area contributed by atoms with E-state index in [4.69, 9.17) is 5.53 Å². The van der Waals surface area contributed by atoms with Gasteiger partial charge in [0.1, 0.15) is 5.69 Å². The minimum atomic E-state index is 0. The first-order valence-corrected chi connectivity index (χ1v) is 3.30. The summed E-state index contributed by atoms with van der Waals surface area (Å²) in [6.07, 6.45) is 1.34. The van der Waals surface area contributed by atoms with Gasteiger partial charge in [0, 0.05) is 0 Å². The molecule has 14 heavy (non-hydrogen) atoms. The van der Waals surface area contributed by atoms with Crippen molar-refractivity contribution >= 4 is 12.0 Å². The third-order valence-electron chi connectivity index (χ3n) is 1.39. The predicted molar refractivity (Wildman–Crippen MR) is 44.5 cm³/mol. The first-order chi connectivity index (χ1) is 5.34. The summed E-state index contributed by atoms with van der Waals surface area (Å²) in [7, 11) is 1.81. The number of anilines is 1. The Morgan fingerprint density at radius 2 is 1.71 bits per heavy atom. The quantitative estimate of drug-likeness (QED) is 0.177. The van der Waals surface area contributed by atoms with Gasteiger partial charge in [-0.3, -0.25) is 0 Å². The van der Waals surface area contributed by atoms with Crippen molar-refractivity contribution in [3.8, 4) is 0 Å². The van der Waals surface area contributed by atoms with Crippen LogP contribution in [0.2, 0.25) is 0 Å². The molecule has 1 aromatic rings. The molecule has 0 aliphatic rings. The summed E-state index contributed by atoms with van der Waals surface area (Å²) in [5.41, 5.74) is 9.22. The molecule has 0 bridgehead atoms. The van der Waals surface area contributed by atoms with E-state index < -0.39 is 0 Å². The normalized spacial score (nSPS) is 6.64. The zero-order valence-electron chi connectivity index (χ0n) is 7.77. The molecule has 0 aromatic heterocycles. The van der Waals surface area contributed by atoms with E-state index in [1.807, 2.05) is 37.4 Å². The monoisotopic (exact) mass is 281 g/mol. The first kappa shape index (κ1) is 19.2. The summed E-state index contributed by atoms with van der Waals surface area (Å²) < 4.78 is 0. The third-order valence-corrected chi connectivity index (χ3v) is 1.39.